The number of sulfonamides is 1. The number of ether oxygens (including phenoxy) is 2. The topological polar surface area (TPSA) is 94.8 Å². The third-order valence-corrected chi connectivity index (χ3v) is 5.47. The van der Waals surface area contributed by atoms with Crippen molar-refractivity contribution in [2.75, 3.05) is 27.3 Å². The molecular weight excluding hydrogens is 314 g/mol. The van der Waals surface area contributed by atoms with Gasteiger partial charge in [-0.25, -0.2) is 8.42 Å². The summed E-state index contributed by atoms with van der Waals surface area (Å²) in [6.45, 7) is 0.423. The zero-order valence-corrected chi connectivity index (χ0v) is 13.4. The van der Waals surface area contributed by atoms with Crippen molar-refractivity contribution >= 4 is 27.2 Å². The second-order valence-electron chi connectivity index (χ2n) is 4.58. The van der Waals surface area contributed by atoms with Crippen LogP contribution in [0, 0.1) is 0 Å². The van der Waals surface area contributed by atoms with E-state index in [1.165, 1.54) is 36.9 Å². The molecular formula is C12H17N3O4S2. The molecule has 21 heavy (non-hydrogen) atoms. The fourth-order valence-electron chi connectivity index (χ4n) is 2.28. The summed E-state index contributed by atoms with van der Waals surface area (Å²) in [7, 11) is -0.707. The highest BCUT2D eigenvalue weighted by molar-refractivity contribution is 7.89. The molecule has 0 amide bonds. The number of hydrogen-bond acceptors (Lipinski definition) is 6. The number of aromatic nitrogens is 1. The minimum Gasteiger partial charge on any atom is -0.388 e. The van der Waals surface area contributed by atoms with Gasteiger partial charge in [-0.3, -0.25) is 4.98 Å². The van der Waals surface area contributed by atoms with Crippen molar-refractivity contribution < 1.29 is 17.9 Å². The van der Waals surface area contributed by atoms with Crippen LogP contribution in [0.3, 0.4) is 0 Å². The first-order valence-corrected chi connectivity index (χ1v) is 8.07. The Balaban J connectivity index is 2.38. The molecule has 1 aliphatic heterocycles. The minimum atomic E-state index is -3.76. The maximum absolute atomic E-state index is 12.7. The fraction of sp³-hybridized carbons (Fsp3) is 0.500. The van der Waals surface area contributed by atoms with E-state index >= 15 is 0 Å². The standard InChI is InChI=1S/C12H17N3O4S2/c1-18-8-6-15(7-9(8)19-2)21(16,17)10-4-3-5-14-11(10)12(13)20/h3-5,8-9H,6-7H2,1-2H3,(H2,13,20). The lowest BCUT2D eigenvalue weighted by Crippen LogP contribution is -2.32. The largest absolute Gasteiger partial charge is 0.388 e. The van der Waals surface area contributed by atoms with Crippen LogP contribution in [0.15, 0.2) is 23.2 Å². The third kappa shape index (κ3) is 3.06. The summed E-state index contributed by atoms with van der Waals surface area (Å²) in [6, 6.07) is 2.98. The van der Waals surface area contributed by atoms with E-state index in [1.54, 1.807) is 0 Å². The average molecular weight is 331 g/mol. The van der Waals surface area contributed by atoms with Crippen LogP contribution in [0.5, 0.6) is 0 Å². The van der Waals surface area contributed by atoms with Crippen molar-refractivity contribution in [3.05, 3.63) is 24.0 Å². The SMILES string of the molecule is COC1CN(S(=O)(=O)c2cccnc2C(N)=S)CC1OC. The summed E-state index contributed by atoms with van der Waals surface area (Å²) in [5.74, 6) is 0. The van der Waals surface area contributed by atoms with Gasteiger partial charge in [0, 0.05) is 33.5 Å². The number of pyridine rings is 1. The van der Waals surface area contributed by atoms with Gasteiger partial charge in [-0.2, -0.15) is 4.31 Å². The number of nitrogens with two attached hydrogens (primary N) is 1. The molecule has 1 fully saturated rings. The molecule has 1 aromatic heterocycles. The van der Waals surface area contributed by atoms with Gasteiger partial charge < -0.3 is 15.2 Å². The van der Waals surface area contributed by atoms with Crippen LogP contribution in [0.25, 0.3) is 0 Å². The molecule has 116 valence electrons. The molecule has 7 nitrogen and oxygen atoms in total. The van der Waals surface area contributed by atoms with Crippen LogP contribution in [-0.4, -0.2) is 62.2 Å². The molecule has 2 atom stereocenters. The van der Waals surface area contributed by atoms with Crippen molar-refractivity contribution in [1.82, 2.24) is 9.29 Å². The Morgan fingerprint density at radius 2 is 1.95 bits per heavy atom. The smallest absolute Gasteiger partial charge is 0.245 e. The number of methoxy groups -OCH3 is 2. The molecule has 0 saturated carbocycles. The van der Waals surface area contributed by atoms with Gasteiger partial charge in [-0.05, 0) is 12.1 Å². The molecule has 1 aliphatic rings. The van der Waals surface area contributed by atoms with Gasteiger partial charge in [0.1, 0.15) is 15.6 Å². The van der Waals surface area contributed by atoms with E-state index in [9.17, 15) is 8.42 Å². The second-order valence-corrected chi connectivity index (χ2v) is 6.93. The van der Waals surface area contributed by atoms with E-state index in [0.717, 1.165) is 0 Å². The third-order valence-electron chi connectivity index (χ3n) is 3.41. The molecule has 2 N–H and O–H groups in total. The first-order chi connectivity index (χ1) is 9.91. The fourth-order valence-corrected chi connectivity index (χ4v) is 4.13. The number of hydrogen-bond donors (Lipinski definition) is 1. The van der Waals surface area contributed by atoms with Gasteiger partial charge in [-0.1, -0.05) is 12.2 Å². The van der Waals surface area contributed by atoms with Gasteiger partial charge >= 0.3 is 0 Å². The van der Waals surface area contributed by atoms with Gasteiger partial charge in [0.05, 0.1) is 12.2 Å². The zero-order valence-electron chi connectivity index (χ0n) is 11.7. The molecule has 1 aromatic rings. The highest BCUT2D eigenvalue weighted by Gasteiger charge is 2.40. The van der Waals surface area contributed by atoms with Crippen molar-refractivity contribution in [3.8, 4) is 0 Å². The lowest BCUT2D eigenvalue weighted by Gasteiger charge is -2.17. The monoisotopic (exact) mass is 331 g/mol. The van der Waals surface area contributed by atoms with Crippen LogP contribution >= 0.6 is 12.2 Å². The molecule has 0 aromatic carbocycles. The van der Waals surface area contributed by atoms with E-state index in [-0.39, 0.29) is 40.9 Å². The first kappa shape index (κ1) is 16.2. The Morgan fingerprint density at radius 3 is 2.43 bits per heavy atom. The van der Waals surface area contributed by atoms with Crippen molar-refractivity contribution in [1.29, 1.82) is 0 Å². The Hall–Kier alpha value is -1.13. The summed E-state index contributed by atoms with van der Waals surface area (Å²) in [6.07, 6.45) is 0.831. The van der Waals surface area contributed by atoms with E-state index in [2.05, 4.69) is 4.98 Å². The quantitative estimate of drug-likeness (QED) is 0.743. The summed E-state index contributed by atoms with van der Waals surface area (Å²) >= 11 is 4.87. The normalized spacial score (nSPS) is 23.3. The predicted octanol–water partition coefficient (Wildman–Crippen LogP) is -0.250. The van der Waals surface area contributed by atoms with E-state index in [4.69, 9.17) is 27.4 Å². The Kier molecular flexibility index (Phi) is 4.89. The van der Waals surface area contributed by atoms with Crippen LogP contribution in [0.1, 0.15) is 5.69 Å². The lowest BCUT2D eigenvalue weighted by molar-refractivity contribution is -0.00461. The zero-order chi connectivity index (χ0) is 15.6. The summed E-state index contributed by atoms with van der Waals surface area (Å²) < 4.78 is 37.3. The van der Waals surface area contributed by atoms with E-state index in [0.29, 0.717) is 0 Å². The van der Waals surface area contributed by atoms with Crippen LogP contribution in [0.4, 0.5) is 0 Å². The molecule has 0 aliphatic carbocycles. The average Bonchev–Trinajstić information content (AvgIpc) is 2.91. The molecule has 0 radical (unpaired) electrons. The maximum atomic E-state index is 12.7. The Labute approximate surface area is 129 Å². The van der Waals surface area contributed by atoms with Gasteiger partial charge in [0.25, 0.3) is 0 Å². The highest BCUT2D eigenvalue weighted by atomic mass is 32.2. The van der Waals surface area contributed by atoms with Crippen LogP contribution in [-0.2, 0) is 19.5 Å². The maximum Gasteiger partial charge on any atom is 0.245 e. The summed E-state index contributed by atoms with van der Waals surface area (Å²) in [5.41, 5.74) is 5.65. The number of rotatable bonds is 5. The molecule has 2 unspecified atom stereocenters. The molecule has 0 spiro atoms. The summed E-state index contributed by atoms with van der Waals surface area (Å²) in [4.78, 5) is 3.91. The molecule has 2 heterocycles. The van der Waals surface area contributed by atoms with Crippen molar-refractivity contribution in [3.63, 3.8) is 0 Å². The predicted molar refractivity (Wildman–Crippen MR) is 80.5 cm³/mol. The van der Waals surface area contributed by atoms with E-state index < -0.39 is 10.0 Å². The van der Waals surface area contributed by atoms with Gasteiger partial charge in [0.15, 0.2) is 0 Å². The highest BCUT2D eigenvalue weighted by Crippen LogP contribution is 2.25. The van der Waals surface area contributed by atoms with Gasteiger partial charge in [0.2, 0.25) is 10.0 Å². The summed E-state index contributed by atoms with van der Waals surface area (Å²) in [5, 5.41) is 0. The Bertz CT molecular complexity index is 623. The van der Waals surface area contributed by atoms with E-state index in [1.807, 2.05) is 0 Å². The number of thiocarbonyl (C=S) groups is 1. The van der Waals surface area contributed by atoms with Crippen molar-refractivity contribution in [2.45, 2.75) is 17.1 Å². The lowest BCUT2D eigenvalue weighted by atomic mass is 10.3. The van der Waals surface area contributed by atoms with Crippen LogP contribution < -0.4 is 5.73 Å². The molecule has 0 bridgehead atoms. The van der Waals surface area contributed by atoms with Crippen molar-refractivity contribution in [2.24, 2.45) is 5.73 Å². The first-order valence-electron chi connectivity index (χ1n) is 6.22. The Morgan fingerprint density at radius 1 is 1.38 bits per heavy atom. The van der Waals surface area contributed by atoms with Crippen LogP contribution in [0.2, 0.25) is 0 Å². The minimum absolute atomic E-state index is 0.00380. The second kappa shape index (κ2) is 6.32. The molecule has 9 heteroatoms. The van der Waals surface area contributed by atoms with Gasteiger partial charge in [-0.15, -0.1) is 0 Å². The molecule has 1 saturated heterocycles. The number of nitrogens with zero attached hydrogens (tertiary/aromatic N) is 2. The molecule has 2 rings (SSSR count).